The van der Waals surface area contributed by atoms with E-state index >= 15 is 0 Å². The smallest absolute Gasteiger partial charge is 0.237 e. The van der Waals surface area contributed by atoms with E-state index in [4.69, 9.17) is 10.5 Å². The molecule has 1 heterocycles. The SMILES string of the molecule is CCC(NC(=O)C(N)CCCOC)c1nccs1. The third-order valence-electron chi connectivity index (χ3n) is 2.67. The van der Waals surface area contributed by atoms with Gasteiger partial charge in [-0.05, 0) is 19.3 Å². The van der Waals surface area contributed by atoms with Crippen LogP contribution >= 0.6 is 11.3 Å². The third-order valence-corrected chi connectivity index (χ3v) is 3.56. The van der Waals surface area contributed by atoms with Crippen LogP contribution in [-0.2, 0) is 9.53 Å². The zero-order valence-corrected chi connectivity index (χ0v) is 11.7. The minimum absolute atomic E-state index is 0.0361. The first-order valence-electron chi connectivity index (χ1n) is 6.13. The fraction of sp³-hybridized carbons (Fsp3) is 0.667. The summed E-state index contributed by atoms with van der Waals surface area (Å²) in [5.41, 5.74) is 5.83. The summed E-state index contributed by atoms with van der Waals surface area (Å²) in [7, 11) is 1.64. The molecule has 5 nitrogen and oxygen atoms in total. The predicted octanol–water partition coefficient (Wildman–Crippen LogP) is 1.46. The molecule has 3 N–H and O–H groups in total. The topological polar surface area (TPSA) is 77.2 Å². The number of hydrogen-bond acceptors (Lipinski definition) is 5. The van der Waals surface area contributed by atoms with Crippen LogP contribution in [-0.4, -0.2) is 30.6 Å². The second-order valence-electron chi connectivity index (χ2n) is 4.08. The number of thiazole rings is 1. The van der Waals surface area contributed by atoms with Crippen LogP contribution < -0.4 is 11.1 Å². The lowest BCUT2D eigenvalue weighted by atomic mass is 10.1. The molecule has 2 unspecified atom stereocenters. The number of ether oxygens (including phenoxy) is 1. The van der Waals surface area contributed by atoms with Gasteiger partial charge in [-0.3, -0.25) is 4.79 Å². The Labute approximate surface area is 112 Å². The lowest BCUT2D eigenvalue weighted by Gasteiger charge is -2.18. The molecule has 1 amide bonds. The monoisotopic (exact) mass is 271 g/mol. The number of aromatic nitrogens is 1. The van der Waals surface area contributed by atoms with E-state index in [1.165, 1.54) is 0 Å². The predicted molar refractivity (Wildman–Crippen MR) is 72.4 cm³/mol. The van der Waals surface area contributed by atoms with Gasteiger partial charge in [-0.2, -0.15) is 0 Å². The van der Waals surface area contributed by atoms with E-state index < -0.39 is 6.04 Å². The minimum Gasteiger partial charge on any atom is -0.385 e. The van der Waals surface area contributed by atoms with Crippen molar-refractivity contribution in [3.05, 3.63) is 16.6 Å². The van der Waals surface area contributed by atoms with Crippen molar-refractivity contribution in [3.8, 4) is 0 Å². The van der Waals surface area contributed by atoms with Crippen molar-refractivity contribution >= 4 is 17.2 Å². The van der Waals surface area contributed by atoms with E-state index in [1.807, 2.05) is 12.3 Å². The summed E-state index contributed by atoms with van der Waals surface area (Å²) < 4.78 is 4.94. The lowest BCUT2D eigenvalue weighted by molar-refractivity contribution is -0.123. The molecule has 0 bridgehead atoms. The molecule has 1 rings (SSSR count). The van der Waals surface area contributed by atoms with Crippen molar-refractivity contribution in [2.45, 2.75) is 38.3 Å². The van der Waals surface area contributed by atoms with Crippen molar-refractivity contribution in [1.82, 2.24) is 10.3 Å². The van der Waals surface area contributed by atoms with Crippen LogP contribution in [0.1, 0.15) is 37.2 Å². The van der Waals surface area contributed by atoms with E-state index in [2.05, 4.69) is 10.3 Å². The number of methoxy groups -OCH3 is 1. The average molecular weight is 271 g/mol. The van der Waals surface area contributed by atoms with Gasteiger partial charge in [0.15, 0.2) is 0 Å². The molecule has 102 valence electrons. The molecule has 0 saturated carbocycles. The van der Waals surface area contributed by atoms with E-state index in [9.17, 15) is 4.79 Å². The number of nitrogens with one attached hydrogen (secondary N) is 1. The van der Waals surface area contributed by atoms with E-state index in [0.29, 0.717) is 13.0 Å². The Morgan fingerprint density at radius 3 is 3.00 bits per heavy atom. The number of rotatable bonds is 8. The van der Waals surface area contributed by atoms with Gasteiger partial charge in [0.25, 0.3) is 0 Å². The summed E-state index contributed by atoms with van der Waals surface area (Å²) in [5.74, 6) is -0.117. The standard InChI is InChI=1S/C12H21N3O2S/c1-3-10(12-14-6-8-18-12)15-11(16)9(13)5-4-7-17-2/h6,8-10H,3-5,7,13H2,1-2H3,(H,15,16). The van der Waals surface area contributed by atoms with E-state index in [-0.39, 0.29) is 11.9 Å². The molecule has 1 aromatic rings. The molecule has 0 aliphatic heterocycles. The molecule has 0 aromatic carbocycles. The van der Waals surface area contributed by atoms with E-state index in [0.717, 1.165) is 17.8 Å². The van der Waals surface area contributed by atoms with Crippen LogP contribution in [0, 0.1) is 0 Å². The number of amides is 1. The molecular formula is C12H21N3O2S. The maximum atomic E-state index is 11.9. The van der Waals surface area contributed by atoms with Crippen molar-refractivity contribution in [2.24, 2.45) is 5.73 Å². The second kappa shape index (κ2) is 8.18. The molecule has 1 aromatic heterocycles. The quantitative estimate of drug-likeness (QED) is 0.702. The molecule has 0 aliphatic rings. The lowest BCUT2D eigenvalue weighted by Crippen LogP contribution is -2.42. The number of nitrogens with zero attached hydrogens (tertiary/aromatic N) is 1. The van der Waals surface area contributed by atoms with Gasteiger partial charge in [-0.15, -0.1) is 11.3 Å². The molecule has 18 heavy (non-hydrogen) atoms. The van der Waals surface area contributed by atoms with Gasteiger partial charge in [-0.1, -0.05) is 6.92 Å². The molecule has 0 aliphatic carbocycles. The number of carbonyl (C=O) groups is 1. The van der Waals surface area contributed by atoms with Gasteiger partial charge in [0.1, 0.15) is 5.01 Å². The maximum Gasteiger partial charge on any atom is 0.237 e. The highest BCUT2D eigenvalue weighted by molar-refractivity contribution is 7.09. The number of hydrogen-bond donors (Lipinski definition) is 2. The summed E-state index contributed by atoms with van der Waals surface area (Å²) in [6.45, 7) is 2.65. The summed E-state index contributed by atoms with van der Waals surface area (Å²) in [4.78, 5) is 16.1. The molecule has 0 spiro atoms. The van der Waals surface area contributed by atoms with Crippen LogP contribution in [0.3, 0.4) is 0 Å². The van der Waals surface area contributed by atoms with Gasteiger partial charge in [0.05, 0.1) is 12.1 Å². The van der Waals surface area contributed by atoms with Gasteiger partial charge in [0, 0.05) is 25.3 Å². The molecular weight excluding hydrogens is 250 g/mol. The third kappa shape index (κ3) is 4.72. The maximum absolute atomic E-state index is 11.9. The van der Waals surface area contributed by atoms with Gasteiger partial charge in [-0.25, -0.2) is 4.98 Å². The van der Waals surface area contributed by atoms with Crippen molar-refractivity contribution in [3.63, 3.8) is 0 Å². The zero-order valence-electron chi connectivity index (χ0n) is 10.9. The second-order valence-corrected chi connectivity index (χ2v) is 5.01. The molecule has 0 fully saturated rings. The highest BCUT2D eigenvalue weighted by Gasteiger charge is 2.19. The first kappa shape index (κ1) is 15.1. The molecule has 0 saturated heterocycles. The molecule has 6 heteroatoms. The van der Waals surface area contributed by atoms with Crippen molar-refractivity contribution in [2.75, 3.05) is 13.7 Å². The van der Waals surface area contributed by atoms with Crippen LogP contribution in [0.25, 0.3) is 0 Å². The number of nitrogens with two attached hydrogens (primary N) is 1. The first-order chi connectivity index (χ1) is 8.69. The molecule has 0 radical (unpaired) electrons. The number of carbonyl (C=O) groups excluding carboxylic acids is 1. The van der Waals surface area contributed by atoms with Crippen molar-refractivity contribution in [1.29, 1.82) is 0 Å². The van der Waals surface area contributed by atoms with Crippen molar-refractivity contribution < 1.29 is 9.53 Å². The summed E-state index contributed by atoms with van der Waals surface area (Å²) in [5, 5.41) is 5.77. The average Bonchev–Trinajstić information content (AvgIpc) is 2.89. The Kier molecular flexibility index (Phi) is 6.85. The highest BCUT2D eigenvalue weighted by atomic mass is 32.1. The minimum atomic E-state index is -0.478. The van der Waals surface area contributed by atoms with Gasteiger partial charge >= 0.3 is 0 Å². The Bertz CT molecular complexity index is 343. The summed E-state index contributed by atoms with van der Waals surface area (Å²) >= 11 is 1.54. The van der Waals surface area contributed by atoms with E-state index in [1.54, 1.807) is 24.6 Å². The van der Waals surface area contributed by atoms with Crippen LogP contribution in [0.2, 0.25) is 0 Å². The van der Waals surface area contributed by atoms with Gasteiger partial charge in [0.2, 0.25) is 5.91 Å². The van der Waals surface area contributed by atoms with Crippen LogP contribution in [0.5, 0.6) is 0 Å². The Morgan fingerprint density at radius 2 is 2.44 bits per heavy atom. The summed E-state index contributed by atoms with van der Waals surface area (Å²) in [6, 6.07) is -0.514. The zero-order chi connectivity index (χ0) is 13.4. The Hall–Kier alpha value is -0.980. The normalized spacial score (nSPS) is 14.2. The Morgan fingerprint density at radius 1 is 1.67 bits per heavy atom. The van der Waals surface area contributed by atoms with Crippen LogP contribution in [0.15, 0.2) is 11.6 Å². The fourth-order valence-electron chi connectivity index (χ4n) is 1.60. The fourth-order valence-corrected chi connectivity index (χ4v) is 2.38. The highest BCUT2D eigenvalue weighted by Crippen LogP contribution is 2.18. The molecule has 2 atom stereocenters. The largest absolute Gasteiger partial charge is 0.385 e. The summed E-state index contributed by atoms with van der Waals surface area (Å²) in [6.07, 6.45) is 3.98. The van der Waals surface area contributed by atoms with Crippen LogP contribution in [0.4, 0.5) is 0 Å². The van der Waals surface area contributed by atoms with Gasteiger partial charge < -0.3 is 15.8 Å². The first-order valence-corrected chi connectivity index (χ1v) is 7.01. The Balaban J connectivity index is 2.42.